The van der Waals surface area contributed by atoms with Gasteiger partial charge in [-0.25, -0.2) is 10.2 Å². The Morgan fingerprint density at radius 3 is 1.93 bits per heavy atom. The highest BCUT2D eigenvalue weighted by Gasteiger charge is 2.09. The van der Waals surface area contributed by atoms with E-state index in [1.54, 1.807) is 0 Å². The Morgan fingerprint density at radius 2 is 1.64 bits per heavy atom. The van der Waals surface area contributed by atoms with Crippen molar-refractivity contribution in [2.24, 2.45) is 0 Å². The molecule has 0 unspecified atom stereocenters. The lowest BCUT2D eigenvalue weighted by Gasteiger charge is -2.13. The third-order valence-corrected chi connectivity index (χ3v) is 3.79. The first-order valence-corrected chi connectivity index (χ1v) is 6.79. The zero-order valence-corrected chi connectivity index (χ0v) is 10.5. The van der Waals surface area contributed by atoms with E-state index < -0.39 is 9.28 Å². The Labute approximate surface area is 88.0 Å². The van der Waals surface area contributed by atoms with Crippen molar-refractivity contribution in [1.82, 2.24) is 0 Å². The summed E-state index contributed by atoms with van der Waals surface area (Å²) < 4.78 is 11.0. The Balaban J connectivity index is 0. The Hall–Kier alpha value is -0.483. The van der Waals surface area contributed by atoms with Crippen LogP contribution in [0.4, 0.5) is 0 Å². The third kappa shape index (κ3) is 14.1. The molecule has 0 saturated carbocycles. The van der Waals surface area contributed by atoms with E-state index >= 15 is 0 Å². The summed E-state index contributed by atoms with van der Waals surface area (Å²) in [4.78, 5) is 8.35. The van der Waals surface area contributed by atoms with Crippen LogP contribution >= 0.6 is 0 Å². The minimum atomic E-state index is -1.25. The van der Waals surface area contributed by atoms with Gasteiger partial charge < -0.3 is 8.85 Å². The highest BCUT2D eigenvalue weighted by molar-refractivity contribution is 6.44. The first-order chi connectivity index (χ1) is 6.76. The summed E-state index contributed by atoms with van der Waals surface area (Å²) in [5.74, 6) is 0. The highest BCUT2D eigenvalue weighted by Crippen LogP contribution is 2.03. The molecule has 0 heterocycles. The van der Waals surface area contributed by atoms with E-state index in [2.05, 4.69) is 6.92 Å². The maximum absolute atomic E-state index is 8.35. The second-order valence-corrected chi connectivity index (χ2v) is 4.69. The molecule has 0 aliphatic carbocycles. The number of hydrogen-bond acceptors (Lipinski definition) is 4. The summed E-state index contributed by atoms with van der Waals surface area (Å²) >= 11 is 0. The molecule has 84 valence electrons. The molecule has 0 atom stereocenters. The van der Waals surface area contributed by atoms with Gasteiger partial charge in [0.2, 0.25) is 6.08 Å². The summed E-state index contributed by atoms with van der Waals surface area (Å²) in [6.07, 6.45) is 3.24. The van der Waals surface area contributed by atoms with Gasteiger partial charge in [-0.15, -0.1) is 0 Å². The van der Waals surface area contributed by atoms with E-state index in [1.807, 2.05) is 13.8 Å². The molecular weight excluding hydrogens is 198 g/mol. The van der Waals surface area contributed by atoms with Crippen molar-refractivity contribution in [2.75, 3.05) is 13.2 Å². The SMILES string of the molecule is CCCC[SiH](OCC)OCC.N=C=O. The minimum Gasteiger partial charge on any atom is -0.397 e. The van der Waals surface area contributed by atoms with E-state index in [-0.39, 0.29) is 0 Å². The van der Waals surface area contributed by atoms with Crippen LogP contribution in [0.25, 0.3) is 0 Å². The van der Waals surface area contributed by atoms with Crippen LogP contribution in [0.1, 0.15) is 33.6 Å². The van der Waals surface area contributed by atoms with Crippen molar-refractivity contribution < 1.29 is 13.6 Å². The molecule has 0 spiro atoms. The number of rotatable bonds is 7. The summed E-state index contributed by atoms with van der Waals surface area (Å²) in [6.45, 7) is 7.88. The average Bonchev–Trinajstić information content (AvgIpc) is 2.16. The van der Waals surface area contributed by atoms with E-state index in [0.29, 0.717) is 0 Å². The Morgan fingerprint density at radius 1 is 1.21 bits per heavy atom. The van der Waals surface area contributed by atoms with E-state index in [4.69, 9.17) is 19.1 Å². The third-order valence-electron chi connectivity index (χ3n) is 1.50. The standard InChI is InChI=1S/C8H20O2Si.CHNO/c1-4-7-8-11(9-5-2)10-6-3;2-1-3/h11H,4-8H2,1-3H3;2H. The largest absolute Gasteiger partial charge is 0.397 e. The first kappa shape index (κ1) is 16.0. The monoisotopic (exact) mass is 219 g/mol. The quantitative estimate of drug-likeness (QED) is 0.404. The predicted octanol–water partition coefficient (Wildman–Crippen LogP) is 1.98. The van der Waals surface area contributed by atoms with Crippen LogP contribution in [-0.4, -0.2) is 28.6 Å². The van der Waals surface area contributed by atoms with Crippen LogP contribution in [0.2, 0.25) is 6.04 Å². The van der Waals surface area contributed by atoms with Gasteiger partial charge in [-0.1, -0.05) is 19.8 Å². The van der Waals surface area contributed by atoms with Crippen LogP contribution in [-0.2, 0) is 13.6 Å². The molecule has 0 bridgehead atoms. The lowest BCUT2D eigenvalue weighted by atomic mass is 10.4. The second-order valence-electron chi connectivity index (χ2n) is 2.58. The van der Waals surface area contributed by atoms with Crippen LogP contribution in [0.5, 0.6) is 0 Å². The van der Waals surface area contributed by atoms with E-state index in [9.17, 15) is 0 Å². The van der Waals surface area contributed by atoms with Gasteiger partial charge in [-0.3, -0.25) is 0 Å². The van der Waals surface area contributed by atoms with Gasteiger partial charge in [0.1, 0.15) is 0 Å². The topological polar surface area (TPSA) is 59.4 Å². The van der Waals surface area contributed by atoms with Crippen molar-refractivity contribution in [3.8, 4) is 0 Å². The average molecular weight is 219 g/mol. The highest BCUT2D eigenvalue weighted by atomic mass is 28.3. The lowest BCUT2D eigenvalue weighted by Crippen LogP contribution is -2.22. The molecule has 1 N–H and O–H groups in total. The summed E-state index contributed by atoms with van der Waals surface area (Å²) in [5, 5.41) is 5.40. The predicted molar refractivity (Wildman–Crippen MR) is 58.5 cm³/mol. The van der Waals surface area contributed by atoms with Crippen LogP contribution in [0.3, 0.4) is 0 Å². The summed E-state index contributed by atoms with van der Waals surface area (Å²) in [6, 6.07) is 1.16. The molecule has 0 aliphatic rings. The van der Waals surface area contributed by atoms with Gasteiger partial charge in [-0.05, 0) is 19.9 Å². The van der Waals surface area contributed by atoms with Gasteiger partial charge in [0.05, 0.1) is 0 Å². The number of hydrogen-bond donors (Lipinski definition) is 1. The van der Waals surface area contributed by atoms with E-state index in [1.165, 1.54) is 12.8 Å². The molecule has 0 aromatic heterocycles. The fourth-order valence-electron chi connectivity index (χ4n) is 0.957. The van der Waals surface area contributed by atoms with Crippen molar-refractivity contribution in [2.45, 2.75) is 39.7 Å². The molecule has 0 saturated heterocycles. The van der Waals surface area contributed by atoms with Gasteiger partial charge >= 0.3 is 9.28 Å². The van der Waals surface area contributed by atoms with Crippen molar-refractivity contribution in [3.05, 3.63) is 0 Å². The number of isocyanates is 1. The van der Waals surface area contributed by atoms with Gasteiger partial charge in [0.25, 0.3) is 0 Å². The van der Waals surface area contributed by atoms with Gasteiger partial charge in [-0.2, -0.15) is 0 Å². The molecule has 5 heteroatoms. The zero-order chi connectivity index (χ0) is 11.2. The maximum atomic E-state index is 8.35. The number of unbranched alkanes of at least 4 members (excludes halogenated alkanes) is 1. The molecule has 14 heavy (non-hydrogen) atoms. The Kier molecular flexibility index (Phi) is 17.1. The van der Waals surface area contributed by atoms with Crippen LogP contribution in [0.15, 0.2) is 0 Å². The molecule has 0 rings (SSSR count). The fraction of sp³-hybridized carbons (Fsp3) is 0.889. The van der Waals surface area contributed by atoms with Crippen molar-refractivity contribution in [3.63, 3.8) is 0 Å². The minimum absolute atomic E-state index is 0.750. The second kappa shape index (κ2) is 15.0. The first-order valence-electron chi connectivity index (χ1n) is 5.03. The molecular formula is C9H21NO3Si. The molecule has 0 aromatic carbocycles. The molecule has 0 radical (unpaired) electrons. The van der Waals surface area contributed by atoms with Crippen molar-refractivity contribution in [1.29, 1.82) is 5.41 Å². The van der Waals surface area contributed by atoms with Crippen LogP contribution < -0.4 is 0 Å². The normalized spacial score (nSPS) is 9.14. The smallest absolute Gasteiger partial charge is 0.321 e. The fourth-order valence-corrected chi connectivity index (χ4v) is 2.87. The van der Waals surface area contributed by atoms with Crippen molar-refractivity contribution >= 4 is 15.4 Å². The zero-order valence-electron chi connectivity index (χ0n) is 9.34. The Bertz CT molecular complexity index is 132. The molecule has 0 fully saturated rings. The number of nitrogens with one attached hydrogen (secondary N) is 1. The summed E-state index contributed by atoms with van der Waals surface area (Å²) in [5.41, 5.74) is 0. The maximum Gasteiger partial charge on any atom is 0.321 e. The molecule has 4 nitrogen and oxygen atoms in total. The van der Waals surface area contributed by atoms with Gasteiger partial charge in [0, 0.05) is 13.2 Å². The molecule has 0 aliphatic heterocycles. The van der Waals surface area contributed by atoms with Crippen LogP contribution in [0, 0.1) is 5.41 Å². The molecule has 0 aromatic rings. The van der Waals surface area contributed by atoms with E-state index in [0.717, 1.165) is 25.3 Å². The number of carbonyl (C=O) groups excluding carboxylic acids is 1. The molecule has 0 amide bonds. The summed E-state index contributed by atoms with van der Waals surface area (Å²) in [7, 11) is -1.25. The lowest BCUT2D eigenvalue weighted by molar-refractivity contribution is 0.213. The van der Waals surface area contributed by atoms with Gasteiger partial charge in [0.15, 0.2) is 0 Å².